The molecule has 0 aliphatic carbocycles. The van der Waals surface area contributed by atoms with Crippen molar-refractivity contribution in [1.29, 1.82) is 0 Å². The maximum atomic E-state index is 2.57. The number of benzene rings is 6. The summed E-state index contributed by atoms with van der Waals surface area (Å²) in [6.07, 6.45) is 2.15. The number of aryl methyl sites for hydroxylation is 2. The smallest absolute Gasteiger partial charge is 0.0652 e. The van der Waals surface area contributed by atoms with E-state index in [1.165, 1.54) is 108 Å². The third kappa shape index (κ3) is 5.73. The largest absolute Gasteiger partial charge is 0.308 e. The van der Waals surface area contributed by atoms with E-state index in [2.05, 4.69) is 184 Å². The van der Waals surface area contributed by atoms with Crippen LogP contribution in [0.25, 0.3) is 86.6 Å². The van der Waals surface area contributed by atoms with Crippen LogP contribution in [0.15, 0.2) is 133 Å². The second-order valence-electron chi connectivity index (χ2n) is 16.5. The maximum Gasteiger partial charge on any atom is 0.0652 e. The molecule has 56 heavy (non-hydrogen) atoms. The zero-order chi connectivity index (χ0) is 38.2. The van der Waals surface area contributed by atoms with Crippen LogP contribution in [-0.2, 0) is 12.8 Å². The predicted molar refractivity (Wildman–Crippen MR) is 246 cm³/mol. The van der Waals surface area contributed by atoms with E-state index in [-0.39, 0.29) is 0 Å². The summed E-state index contributed by atoms with van der Waals surface area (Å²) in [6, 6.07) is 50.7. The van der Waals surface area contributed by atoms with Gasteiger partial charge in [0.05, 0.1) is 31.5 Å². The highest BCUT2D eigenvalue weighted by Gasteiger charge is 2.27. The highest BCUT2D eigenvalue weighted by Crippen LogP contribution is 2.51. The molecule has 0 unspecified atom stereocenters. The second kappa shape index (κ2) is 13.7. The lowest BCUT2D eigenvalue weighted by Gasteiger charge is -2.17. The zero-order valence-corrected chi connectivity index (χ0v) is 34.6. The van der Waals surface area contributed by atoms with E-state index in [4.69, 9.17) is 0 Å². The van der Waals surface area contributed by atoms with E-state index in [9.17, 15) is 0 Å². The van der Waals surface area contributed by atoms with Crippen LogP contribution in [0.2, 0.25) is 0 Å². The molecule has 0 bridgehead atoms. The van der Waals surface area contributed by atoms with Gasteiger partial charge < -0.3 is 9.13 Å². The molecule has 276 valence electrons. The first kappa shape index (κ1) is 35.0. The summed E-state index contributed by atoms with van der Waals surface area (Å²) in [5, 5.41) is 5.21. The summed E-state index contributed by atoms with van der Waals surface area (Å²) < 4.78 is 7.84. The van der Waals surface area contributed by atoms with Gasteiger partial charge in [-0.1, -0.05) is 113 Å². The SMILES string of the molecule is Cc1cc2c(s1)c1c(-c3ccccc3)cc3c(cc(-c4ccccc4)c4c5sc(C)cc5n(-c5ccc(CC(C)C)cc5)c34)c1n2-c1ccc(CC(C)C)cc1. The molecular weight excluding hydrogens is 717 g/mol. The summed E-state index contributed by atoms with van der Waals surface area (Å²) in [7, 11) is 0. The third-order valence-corrected chi connectivity index (χ3v) is 13.4. The molecule has 4 heterocycles. The van der Waals surface area contributed by atoms with Gasteiger partial charge in [0.25, 0.3) is 0 Å². The van der Waals surface area contributed by atoms with Gasteiger partial charge in [-0.2, -0.15) is 0 Å². The number of thiophene rings is 2. The van der Waals surface area contributed by atoms with Gasteiger partial charge in [-0.05, 0) is 120 Å². The fourth-order valence-electron chi connectivity index (χ4n) is 9.09. The number of aromatic nitrogens is 2. The Balaban J connectivity index is 1.43. The molecular formula is C52H46N2S2. The first-order valence-electron chi connectivity index (χ1n) is 20.0. The number of hydrogen-bond donors (Lipinski definition) is 0. The van der Waals surface area contributed by atoms with Crippen LogP contribution in [0.3, 0.4) is 0 Å². The summed E-state index contributed by atoms with van der Waals surface area (Å²) in [6.45, 7) is 13.7. The van der Waals surface area contributed by atoms with Crippen LogP contribution in [0, 0.1) is 25.7 Å². The lowest BCUT2D eigenvalue weighted by molar-refractivity contribution is 0.647. The van der Waals surface area contributed by atoms with Gasteiger partial charge in [0, 0.05) is 42.7 Å². The molecule has 0 amide bonds. The molecule has 4 heteroatoms. The van der Waals surface area contributed by atoms with Crippen molar-refractivity contribution in [3.63, 3.8) is 0 Å². The molecule has 2 nitrogen and oxygen atoms in total. The number of nitrogens with zero attached hydrogens (tertiary/aromatic N) is 2. The van der Waals surface area contributed by atoms with E-state index in [0.717, 1.165) is 12.8 Å². The van der Waals surface area contributed by atoms with Crippen molar-refractivity contribution in [2.24, 2.45) is 11.8 Å². The van der Waals surface area contributed by atoms with Gasteiger partial charge in [-0.25, -0.2) is 0 Å². The fourth-order valence-corrected chi connectivity index (χ4v) is 11.2. The van der Waals surface area contributed by atoms with E-state index < -0.39 is 0 Å². The van der Waals surface area contributed by atoms with Gasteiger partial charge in [-0.15, -0.1) is 22.7 Å². The minimum absolute atomic E-state index is 0.608. The monoisotopic (exact) mass is 762 g/mol. The van der Waals surface area contributed by atoms with Crippen LogP contribution < -0.4 is 0 Å². The van der Waals surface area contributed by atoms with Crippen molar-refractivity contribution in [3.05, 3.63) is 154 Å². The molecule has 0 aliphatic heterocycles. The summed E-state index contributed by atoms with van der Waals surface area (Å²) in [5.41, 5.74) is 15.3. The Morgan fingerprint density at radius 1 is 0.464 bits per heavy atom. The molecule has 0 saturated heterocycles. The molecule has 10 aromatic rings. The Hall–Kier alpha value is -5.42. The quantitative estimate of drug-likeness (QED) is 0.146. The Morgan fingerprint density at radius 3 is 1.20 bits per heavy atom. The van der Waals surface area contributed by atoms with Crippen molar-refractivity contribution in [2.75, 3.05) is 0 Å². The average molecular weight is 763 g/mol. The number of fused-ring (bicyclic) bond motifs is 9. The fraction of sp³-hybridized carbons (Fsp3) is 0.192. The topological polar surface area (TPSA) is 9.86 Å². The minimum atomic E-state index is 0.608. The predicted octanol–water partition coefficient (Wildman–Crippen LogP) is 15.5. The van der Waals surface area contributed by atoms with E-state index in [1.807, 2.05) is 22.7 Å². The van der Waals surface area contributed by atoms with Crippen LogP contribution in [0.5, 0.6) is 0 Å². The minimum Gasteiger partial charge on any atom is -0.308 e. The van der Waals surface area contributed by atoms with Gasteiger partial charge in [-0.3, -0.25) is 0 Å². The van der Waals surface area contributed by atoms with Crippen LogP contribution in [-0.4, -0.2) is 9.13 Å². The zero-order valence-electron chi connectivity index (χ0n) is 33.0. The normalized spacial score (nSPS) is 12.2. The summed E-state index contributed by atoms with van der Waals surface area (Å²) in [5.74, 6) is 1.22. The van der Waals surface area contributed by atoms with Gasteiger partial charge in [0.15, 0.2) is 0 Å². The number of rotatable bonds is 8. The second-order valence-corrected chi connectivity index (χ2v) is 19.0. The molecule has 0 fully saturated rings. The standard InChI is InChI=1S/C52H46N2S2/c1-31(2)25-35-17-21-39(22-18-35)53-45-27-33(5)55-51(45)47-41(37-13-9-7-10-14-37)30-44-43(49(47)53)29-42(38-15-11-8-12-16-38)48-50(44)54(46-28-34(6)56-52(46)48)40-23-19-36(20-24-40)26-32(3)4/h7-24,27-32H,25-26H2,1-6H3. The van der Waals surface area contributed by atoms with E-state index >= 15 is 0 Å². The first-order valence-corrected chi connectivity index (χ1v) is 21.6. The Bertz CT molecular complexity index is 2850. The average Bonchev–Trinajstić information content (AvgIpc) is 3.93. The molecule has 10 rings (SSSR count). The molecule has 4 aromatic heterocycles. The number of hydrogen-bond acceptors (Lipinski definition) is 2. The Labute approximate surface area is 337 Å². The molecule has 0 atom stereocenters. The van der Waals surface area contributed by atoms with E-state index in [1.54, 1.807) is 0 Å². The Morgan fingerprint density at radius 2 is 0.839 bits per heavy atom. The van der Waals surface area contributed by atoms with Crippen molar-refractivity contribution in [2.45, 2.75) is 54.4 Å². The van der Waals surface area contributed by atoms with Gasteiger partial charge in [0.1, 0.15) is 0 Å². The molecule has 6 aromatic carbocycles. The van der Waals surface area contributed by atoms with Gasteiger partial charge >= 0.3 is 0 Å². The van der Waals surface area contributed by atoms with Crippen LogP contribution in [0.4, 0.5) is 0 Å². The van der Waals surface area contributed by atoms with Crippen LogP contribution >= 0.6 is 22.7 Å². The van der Waals surface area contributed by atoms with Crippen molar-refractivity contribution in [3.8, 4) is 33.6 Å². The van der Waals surface area contributed by atoms with Crippen molar-refractivity contribution < 1.29 is 0 Å². The molecule has 0 aliphatic rings. The summed E-state index contributed by atoms with van der Waals surface area (Å²) in [4.78, 5) is 2.65. The molecule has 0 radical (unpaired) electrons. The van der Waals surface area contributed by atoms with Crippen LogP contribution in [0.1, 0.15) is 48.6 Å². The molecule has 0 N–H and O–H groups in total. The lowest BCUT2D eigenvalue weighted by atomic mass is 9.92. The highest BCUT2D eigenvalue weighted by molar-refractivity contribution is 7.20. The van der Waals surface area contributed by atoms with Gasteiger partial charge in [0.2, 0.25) is 0 Å². The third-order valence-electron chi connectivity index (χ3n) is 11.3. The van der Waals surface area contributed by atoms with Crippen molar-refractivity contribution >= 4 is 75.7 Å². The van der Waals surface area contributed by atoms with Crippen molar-refractivity contribution in [1.82, 2.24) is 9.13 Å². The molecule has 0 saturated carbocycles. The summed E-state index contributed by atoms with van der Waals surface area (Å²) >= 11 is 3.84. The Kier molecular flexibility index (Phi) is 8.54. The highest BCUT2D eigenvalue weighted by atomic mass is 32.1. The first-order chi connectivity index (χ1) is 27.2. The van der Waals surface area contributed by atoms with E-state index in [0.29, 0.717) is 11.8 Å². The maximum absolute atomic E-state index is 2.57. The lowest BCUT2D eigenvalue weighted by Crippen LogP contribution is -1.99. The molecule has 0 spiro atoms.